The normalized spacial score (nSPS) is 10.6. The lowest BCUT2D eigenvalue weighted by Gasteiger charge is -2.08. The Kier molecular flexibility index (Phi) is 5.89. The zero-order valence-electron chi connectivity index (χ0n) is 16.9. The Bertz CT molecular complexity index is 1190. The van der Waals surface area contributed by atoms with Crippen LogP contribution in [-0.2, 0) is 4.74 Å². The number of rotatable bonds is 7. The molecular weight excluding hydrogens is 394 g/mol. The molecule has 0 atom stereocenters. The summed E-state index contributed by atoms with van der Waals surface area (Å²) in [6.45, 7) is 2.29. The van der Waals surface area contributed by atoms with Crippen LogP contribution in [-0.4, -0.2) is 39.5 Å². The third-order valence-corrected chi connectivity index (χ3v) is 4.59. The van der Waals surface area contributed by atoms with Gasteiger partial charge in [0.15, 0.2) is 0 Å². The summed E-state index contributed by atoms with van der Waals surface area (Å²) in [5.74, 6) is 0.663. The van der Waals surface area contributed by atoms with Gasteiger partial charge in [0.2, 0.25) is 0 Å². The molecule has 0 radical (unpaired) electrons. The van der Waals surface area contributed by atoms with Crippen molar-refractivity contribution < 1.29 is 14.3 Å². The summed E-state index contributed by atoms with van der Waals surface area (Å²) in [5, 5.41) is 7.35. The summed E-state index contributed by atoms with van der Waals surface area (Å²) in [6.07, 6.45) is 2.82. The highest BCUT2D eigenvalue weighted by atomic mass is 16.6. The molecule has 0 saturated carbocycles. The number of nitrogens with one attached hydrogen (secondary N) is 1. The summed E-state index contributed by atoms with van der Waals surface area (Å²) in [6, 6.07) is 17.4. The molecule has 0 aliphatic rings. The van der Waals surface area contributed by atoms with E-state index in [0.717, 1.165) is 39.5 Å². The third-order valence-electron chi connectivity index (χ3n) is 4.59. The van der Waals surface area contributed by atoms with Gasteiger partial charge in [0.05, 0.1) is 11.4 Å². The maximum atomic E-state index is 10.6. The van der Waals surface area contributed by atoms with Gasteiger partial charge in [-0.25, -0.2) is 4.79 Å². The number of carbonyl (C=O) groups is 1. The van der Waals surface area contributed by atoms with Crippen LogP contribution in [0.4, 0.5) is 4.79 Å². The van der Waals surface area contributed by atoms with Gasteiger partial charge in [-0.05, 0) is 61.0 Å². The molecule has 0 saturated heterocycles. The Morgan fingerprint density at radius 1 is 1.03 bits per heavy atom. The Balaban J connectivity index is 1.53. The number of hydrogen-bond donors (Lipinski definition) is 2. The van der Waals surface area contributed by atoms with Crippen molar-refractivity contribution in [3.8, 4) is 39.5 Å². The van der Waals surface area contributed by atoms with Gasteiger partial charge in [0, 0.05) is 29.2 Å². The number of ether oxygens (including phenoxy) is 2. The molecule has 0 spiro atoms. The fraction of sp³-hybridized carbons (Fsp3) is 0.130. The fourth-order valence-electron chi connectivity index (χ4n) is 3.16. The van der Waals surface area contributed by atoms with Crippen LogP contribution in [0.25, 0.3) is 33.8 Å². The Labute approximate surface area is 179 Å². The molecule has 0 aliphatic carbocycles. The number of hydrogen-bond acceptors (Lipinski definition) is 6. The number of carbonyl (C=O) groups excluding carboxylic acids is 1. The minimum absolute atomic E-state index is 0.101. The molecule has 1 aromatic carbocycles. The van der Waals surface area contributed by atoms with E-state index < -0.39 is 6.09 Å². The van der Waals surface area contributed by atoms with E-state index in [1.165, 1.54) is 0 Å². The van der Waals surface area contributed by atoms with Crippen LogP contribution < -0.4 is 10.5 Å². The number of pyridine rings is 2. The van der Waals surface area contributed by atoms with Crippen molar-refractivity contribution in [2.24, 2.45) is 5.73 Å². The molecule has 3 heterocycles. The maximum Gasteiger partial charge on any atom is 0.404 e. The number of aromatic nitrogens is 4. The summed E-state index contributed by atoms with van der Waals surface area (Å²) < 4.78 is 10.2. The monoisotopic (exact) mass is 415 g/mol. The molecule has 0 bridgehead atoms. The number of H-pyrrole nitrogens is 1. The van der Waals surface area contributed by atoms with Crippen LogP contribution in [0.1, 0.15) is 5.69 Å². The molecule has 31 heavy (non-hydrogen) atoms. The predicted molar refractivity (Wildman–Crippen MR) is 116 cm³/mol. The van der Waals surface area contributed by atoms with Crippen molar-refractivity contribution in [2.75, 3.05) is 13.2 Å². The predicted octanol–water partition coefficient (Wildman–Crippen LogP) is 3.98. The average molecular weight is 415 g/mol. The molecule has 0 unspecified atom stereocenters. The van der Waals surface area contributed by atoms with Crippen LogP contribution in [0, 0.1) is 6.92 Å². The van der Waals surface area contributed by atoms with Gasteiger partial charge in [-0.1, -0.05) is 6.07 Å². The van der Waals surface area contributed by atoms with E-state index in [2.05, 4.69) is 24.9 Å². The Morgan fingerprint density at radius 2 is 1.87 bits per heavy atom. The van der Waals surface area contributed by atoms with Crippen molar-refractivity contribution in [1.29, 1.82) is 0 Å². The first-order valence-electron chi connectivity index (χ1n) is 9.70. The first-order chi connectivity index (χ1) is 15.1. The molecule has 156 valence electrons. The minimum Gasteiger partial charge on any atom is -0.490 e. The number of nitrogens with zero attached hydrogens (tertiary/aromatic N) is 3. The van der Waals surface area contributed by atoms with Crippen LogP contribution in [0.5, 0.6) is 5.75 Å². The topological polar surface area (TPSA) is 116 Å². The van der Waals surface area contributed by atoms with Crippen molar-refractivity contribution >= 4 is 6.09 Å². The summed E-state index contributed by atoms with van der Waals surface area (Å²) in [5.41, 5.74) is 11.2. The van der Waals surface area contributed by atoms with E-state index in [4.69, 9.17) is 10.5 Å². The molecular formula is C23H21N5O3. The lowest BCUT2D eigenvalue weighted by Crippen LogP contribution is -2.17. The summed E-state index contributed by atoms with van der Waals surface area (Å²) in [4.78, 5) is 19.7. The van der Waals surface area contributed by atoms with Gasteiger partial charge < -0.3 is 15.2 Å². The van der Waals surface area contributed by atoms with Gasteiger partial charge in [-0.3, -0.25) is 15.1 Å². The first kappa shape index (κ1) is 20.1. The zero-order valence-corrected chi connectivity index (χ0v) is 16.9. The second-order valence-corrected chi connectivity index (χ2v) is 6.78. The van der Waals surface area contributed by atoms with Crippen LogP contribution >= 0.6 is 0 Å². The van der Waals surface area contributed by atoms with Gasteiger partial charge >= 0.3 is 6.09 Å². The number of benzene rings is 1. The fourth-order valence-corrected chi connectivity index (χ4v) is 3.16. The van der Waals surface area contributed by atoms with Crippen molar-refractivity contribution in [3.63, 3.8) is 0 Å². The van der Waals surface area contributed by atoms with Crippen LogP contribution in [0.15, 0.2) is 67.0 Å². The Morgan fingerprint density at radius 3 is 2.65 bits per heavy atom. The van der Waals surface area contributed by atoms with E-state index in [0.29, 0.717) is 5.75 Å². The van der Waals surface area contributed by atoms with Crippen molar-refractivity contribution in [3.05, 3.63) is 72.7 Å². The van der Waals surface area contributed by atoms with E-state index in [1.807, 2.05) is 67.7 Å². The standard InChI is InChI=1S/C23H21N5O3/c1-15-3-2-4-20(27-15)22-19(14-26-28-22)17-9-10-25-21(13-17)16-5-7-18(8-6-16)30-11-12-31-23(24)29/h2-10,13-14H,11-12H2,1H3,(H2,24,29)(H,26,28). The molecule has 4 aromatic rings. The number of nitrogens with two attached hydrogens (primary N) is 1. The Hall–Kier alpha value is -4.20. The highest BCUT2D eigenvalue weighted by molar-refractivity contribution is 5.80. The zero-order chi connectivity index (χ0) is 21.6. The van der Waals surface area contributed by atoms with E-state index in [9.17, 15) is 4.79 Å². The van der Waals surface area contributed by atoms with E-state index in [-0.39, 0.29) is 13.2 Å². The molecule has 1 amide bonds. The smallest absolute Gasteiger partial charge is 0.404 e. The molecule has 3 aromatic heterocycles. The second kappa shape index (κ2) is 9.08. The number of primary amides is 1. The number of amides is 1. The van der Waals surface area contributed by atoms with E-state index >= 15 is 0 Å². The quantitative estimate of drug-likeness (QED) is 0.441. The molecule has 0 aliphatic heterocycles. The lowest BCUT2D eigenvalue weighted by molar-refractivity contribution is 0.134. The third kappa shape index (κ3) is 4.87. The SMILES string of the molecule is Cc1cccc(-c2n[nH]cc2-c2ccnc(-c3ccc(OCCOC(N)=O)cc3)c2)n1. The average Bonchev–Trinajstić information content (AvgIpc) is 3.27. The highest BCUT2D eigenvalue weighted by Gasteiger charge is 2.13. The van der Waals surface area contributed by atoms with E-state index in [1.54, 1.807) is 6.20 Å². The molecule has 0 fully saturated rings. The molecule has 8 nitrogen and oxygen atoms in total. The molecule has 3 N–H and O–H groups in total. The van der Waals surface area contributed by atoms with Crippen LogP contribution in [0.3, 0.4) is 0 Å². The highest BCUT2D eigenvalue weighted by Crippen LogP contribution is 2.31. The lowest BCUT2D eigenvalue weighted by atomic mass is 10.0. The van der Waals surface area contributed by atoms with Gasteiger partial charge in [-0.15, -0.1) is 0 Å². The minimum atomic E-state index is -0.816. The molecule has 4 rings (SSSR count). The number of aryl methyl sites for hydroxylation is 1. The number of aromatic amines is 1. The summed E-state index contributed by atoms with van der Waals surface area (Å²) >= 11 is 0. The van der Waals surface area contributed by atoms with Gasteiger partial charge in [0.25, 0.3) is 0 Å². The van der Waals surface area contributed by atoms with Crippen LogP contribution in [0.2, 0.25) is 0 Å². The second-order valence-electron chi connectivity index (χ2n) is 6.78. The maximum absolute atomic E-state index is 10.6. The van der Waals surface area contributed by atoms with Crippen molar-refractivity contribution in [2.45, 2.75) is 6.92 Å². The molecule has 8 heteroatoms. The first-order valence-corrected chi connectivity index (χ1v) is 9.70. The van der Waals surface area contributed by atoms with Crippen molar-refractivity contribution in [1.82, 2.24) is 20.2 Å². The van der Waals surface area contributed by atoms with Gasteiger partial charge in [-0.2, -0.15) is 5.10 Å². The summed E-state index contributed by atoms with van der Waals surface area (Å²) in [7, 11) is 0. The van der Waals surface area contributed by atoms with Gasteiger partial charge in [0.1, 0.15) is 24.7 Å². The largest absolute Gasteiger partial charge is 0.490 e.